The Morgan fingerprint density at radius 2 is 1.79 bits per heavy atom. The lowest BCUT2D eigenvalue weighted by Gasteiger charge is -2.20. The molecule has 19 heavy (non-hydrogen) atoms. The molecule has 1 aliphatic heterocycles. The van der Waals surface area contributed by atoms with E-state index in [4.69, 9.17) is 26.8 Å². The maximum absolute atomic E-state index is 6.04. The second kappa shape index (κ2) is 5.23. The van der Waals surface area contributed by atoms with Gasteiger partial charge < -0.3 is 15.2 Å². The van der Waals surface area contributed by atoms with Crippen molar-refractivity contribution in [3.63, 3.8) is 0 Å². The zero-order chi connectivity index (χ0) is 13.2. The van der Waals surface area contributed by atoms with Crippen molar-refractivity contribution < 1.29 is 9.47 Å². The van der Waals surface area contributed by atoms with Gasteiger partial charge in [-0.1, -0.05) is 29.4 Å². The molecular weight excluding hydrogens is 282 g/mol. The zero-order valence-electron chi connectivity index (χ0n) is 10.1. The average Bonchev–Trinajstić information content (AvgIpc) is 2.40. The Labute approximate surface area is 120 Å². The molecule has 0 saturated heterocycles. The molecule has 0 radical (unpaired) electrons. The van der Waals surface area contributed by atoms with Crippen LogP contribution in [0.5, 0.6) is 11.5 Å². The SMILES string of the molecule is Nc1cc2c(cc1Sc1cccc(Cl)c1)OCCO2. The van der Waals surface area contributed by atoms with Gasteiger partial charge in [-0.15, -0.1) is 0 Å². The number of benzene rings is 2. The van der Waals surface area contributed by atoms with Gasteiger partial charge in [-0.3, -0.25) is 0 Å². The van der Waals surface area contributed by atoms with Crippen LogP contribution in [0.4, 0.5) is 5.69 Å². The van der Waals surface area contributed by atoms with E-state index >= 15 is 0 Å². The van der Waals surface area contributed by atoms with Crippen molar-refractivity contribution in [2.24, 2.45) is 0 Å². The van der Waals surface area contributed by atoms with Crippen molar-refractivity contribution >= 4 is 29.1 Å². The molecule has 3 nitrogen and oxygen atoms in total. The van der Waals surface area contributed by atoms with Crippen LogP contribution in [0.1, 0.15) is 0 Å². The first-order valence-electron chi connectivity index (χ1n) is 5.85. The van der Waals surface area contributed by atoms with E-state index in [0.29, 0.717) is 29.7 Å². The van der Waals surface area contributed by atoms with Crippen LogP contribution in [-0.4, -0.2) is 13.2 Å². The third-order valence-corrected chi connectivity index (χ3v) is 4.00. The van der Waals surface area contributed by atoms with Crippen LogP contribution < -0.4 is 15.2 Å². The predicted octanol–water partition coefficient (Wildman–Crippen LogP) is 3.84. The summed E-state index contributed by atoms with van der Waals surface area (Å²) >= 11 is 7.53. The van der Waals surface area contributed by atoms with E-state index in [2.05, 4.69) is 0 Å². The number of fused-ring (bicyclic) bond motifs is 1. The topological polar surface area (TPSA) is 44.5 Å². The van der Waals surface area contributed by atoms with E-state index in [1.165, 1.54) is 0 Å². The molecule has 1 heterocycles. The number of ether oxygens (including phenoxy) is 2. The molecule has 2 N–H and O–H groups in total. The summed E-state index contributed by atoms with van der Waals surface area (Å²) in [5, 5.41) is 0.709. The summed E-state index contributed by atoms with van der Waals surface area (Å²) in [5.41, 5.74) is 6.72. The molecule has 0 unspecified atom stereocenters. The molecular formula is C14H12ClNO2S. The normalized spacial score (nSPS) is 13.3. The van der Waals surface area contributed by atoms with E-state index in [9.17, 15) is 0 Å². The predicted molar refractivity (Wildman–Crippen MR) is 77.4 cm³/mol. The monoisotopic (exact) mass is 293 g/mol. The number of hydrogen-bond acceptors (Lipinski definition) is 4. The lowest BCUT2D eigenvalue weighted by atomic mass is 10.2. The Morgan fingerprint density at radius 1 is 1.05 bits per heavy atom. The molecule has 0 fully saturated rings. The molecule has 3 rings (SSSR count). The number of halogens is 1. The molecule has 0 aliphatic carbocycles. The average molecular weight is 294 g/mol. The summed E-state index contributed by atoms with van der Waals surface area (Å²) in [6, 6.07) is 11.4. The quantitative estimate of drug-likeness (QED) is 0.854. The minimum Gasteiger partial charge on any atom is -0.486 e. The Hall–Kier alpha value is -1.52. The fraction of sp³-hybridized carbons (Fsp3) is 0.143. The van der Waals surface area contributed by atoms with E-state index < -0.39 is 0 Å². The van der Waals surface area contributed by atoms with Crippen LogP contribution in [0.3, 0.4) is 0 Å². The molecule has 0 saturated carbocycles. The van der Waals surface area contributed by atoms with Gasteiger partial charge in [0.2, 0.25) is 0 Å². The molecule has 2 aromatic rings. The first-order chi connectivity index (χ1) is 9.22. The maximum Gasteiger partial charge on any atom is 0.163 e. The van der Waals surface area contributed by atoms with Gasteiger partial charge in [-0.25, -0.2) is 0 Å². The highest BCUT2D eigenvalue weighted by Crippen LogP contribution is 2.41. The van der Waals surface area contributed by atoms with Crippen LogP contribution in [0.15, 0.2) is 46.2 Å². The van der Waals surface area contributed by atoms with Crippen LogP contribution >= 0.6 is 23.4 Å². The molecule has 0 bridgehead atoms. The number of hydrogen-bond donors (Lipinski definition) is 1. The van der Waals surface area contributed by atoms with Gasteiger partial charge in [-0.05, 0) is 18.2 Å². The molecule has 0 atom stereocenters. The molecule has 0 aromatic heterocycles. The van der Waals surface area contributed by atoms with Crippen LogP contribution in [0.25, 0.3) is 0 Å². The zero-order valence-corrected chi connectivity index (χ0v) is 11.6. The van der Waals surface area contributed by atoms with Crippen molar-refractivity contribution in [3.8, 4) is 11.5 Å². The Kier molecular flexibility index (Phi) is 3.44. The van der Waals surface area contributed by atoms with E-state index in [1.54, 1.807) is 17.8 Å². The standard InChI is InChI=1S/C14H12ClNO2S/c15-9-2-1-3-10(6-9)19-14-8-13-12(7-11(14)16)17-4-5-18-13/h1-3,6-8H,4-5,16H2. The highest BCUT2D eigenvalue weighted by atomic mass is 35.5. The lowest BCUT2D eigenvalue weighted by Crippen LogP contribution is -2.15. The van der Waals surface area contributed by atoms with E-state index in [-0.39, 0.29) is 0 Å². The van der Waals surface area contributed by atoms with Gasteiger partial charge in [0, 0.05) is 32.6 Å². The Bertz CT molecular complexity index is 618. The van der Waals surface area contributed by atoms with Crippen molar-refractivity contribution in [2.75, 3.05) is 18.9 Å². The van der Waals surface area contributed by atoms with Gasteiger partial charge in [0.15, 0.2) is 11.5 Å². The first kappa shape index (κ1) is 12.5. The van der Waals surface area contributed by atoms with Gasteiger partial charge in [0.25, 0.3) is 0 Å². The summed E-state index contributed by atoms with van der Waals surface area (Å²) in [7, 11) is 0. The van der Waals surface area contributed by atoms with Crippen molar-refractivity contribution in [1.82, 2.24) is 0 Å². The molecule has 5 heteroatoms. The third kappa shape index (κ3) is 2.74. The number of anilines is 1. The van der Waals surface area contributed by atoms with Gasteiger partial charge in [0.05, 0.1) is 0 Å². The summed E-state index contributed by atoms with van der Waals surface area (Å²) in [6.07, 6.45) is 0. The number of nitrogens with two attached hydrogens (primary N) is 1. The van der Waals surface area contributed by atoms with Gasteiger partial charge in [0.1, 0.15) is 13.2 Å². The van der Waals surface area contributed by atoms with Gasteiger partial charge >= 0.3 is 0 Å². The first-order valence-corrected chi connectivity index (χ1v) is 7.04. The second-order valence-electron chi connectivity index (χ2n) is 4.09. The fourth-order valence-electron chi connectivity index (χ4n) is 1.83. The van der Waals surface area contributed by atoms with Gasteiger partial charge in [-0.2, -0.15) is 0 Å². The van der Waals surface area contributed by atoms with Crippen LogP contribution in [-0.2, 0) is 0 Å². The summed E-state index contributed by atoms with van der Waals surface area (Å²) in [6.45, 7) is 1.13. The highest BCUT2D eigenvalue weighted by Gasteiger charge is 2.15. The van der Waals surface area contributed by atoms with Crippen molar-refractivity contribution in [1.29, 1.82) is 0 Å². The van der Waals surface area contributed by atoms with Crippen LogP contribution in [0, 0.1) is 0 Å². The van der Waals surface area contributed by atoms with Crippen LogP contribution in [0.2, 0.25) is 5.02 Å². The summed E-state index contributed by atoms with van der Waals surface area (Å²) in [4.78, 5) is 1.97. The van der Waals surface area contributed by atoms with Crippen molar-refractivity contribution in [3.05, 3.63) is 41.4 Å². The minimum absolute atomic E-state index is 0.563. The Morgan fingerprint density at radius 3 is 2.53 bits per heavy atom. The fourth-order valence-corrected chi connectivity index (χ4v) is 3.02. The smallest absolute Gasteiger partial charge is 0.163 e. The number of nitrogen functional groups attached to an aromatic ring is 1. The molecule has 0 spiro atoms. The second-order valence-corrected chi connectivity index (χ2v) is 5.64. The summed E-state index contributed by atoms with van der Waals surface area (Å²) < 4.78 is 11.1. The lowest BCUT2D eigenvalue weighted by molar-refractivity contribution is 0.171. The molecule has 1 aliphatic rings. The highest BCUT2D eigenvalue weighted by molar-refractivity contribution is 7.99. The molecule has 0 amide bonds. The van der Waals surface area contributed by atoms with Crippen molar-refractivity contribution in [2.45, 2.75) is 9.79 Å². The third-order valence-electron chi connectivity index (χ3n) is 2.70. The molecule has 98 valence electrons. The number of rotatable bonds is 2. The largest absolute Gasteiger partial charge is 0.486 e. The summed E-state index contributed by atoms with van der Waals surface area (Å²) in [5.74, 6) is 1.45. The molecule has 2 aromatic carbocycles. The minimum atomic E-state index is 0.563. The van der Waals surface area contributed by atoms with E-state index in [1.807, 2.05) is 30.3 Å². The maximum atomic E-state index is 6.04. The van der Waals surface area contributed by atoms with E-state index in [0.717, 1.165) is 15.5 Å². The Balaban J connectivity index is 1.92.